The number of nitrogens with one attached hydrogen (secondary N) is 1. The van der Waals surface area contributed by atoms with E-state index in [1.54, 1.807) is 0 Å². The van der Waals surface area contributed by atoms with Crippen LogP contribution in [0.1, 0.15) is 0 Å². The van der Waals surface area contributed by atoms with Crippen LogP contribution in [0.25, 0.3) is 0 Å². The standard InChI is InChI=1S/C6H15BrN2O3S/c1-9(2)13(10,11)8-6(4-7)5-12-3/h6,8H,4-5H2,1-3H3. The van der Waals surface area contributed by atoms with Gasteiger partial charge in [-0.15, -0.1) is 0 Å². The fourth-order valence-electron chi connectivity index (χ4n) is 0.627. The van der Waals surface area contributed by atoms with Gasteiger partial charge in [-0.05, 0) is 0 Å². The van der Waals surface area contributed by atoms with Crippen molar-refractivity contribution in [2.45, 2.75) is 6.04 Å². The number of hydrogen-bond donors (Lipinski definition) is 1. The fourth-order valence-corrected chi connectivity index (χ4v) is 1.97. The number of rotatable bonds is 6. The molecule has 80 valence electrons. The van der Waals surface area contributed by atoms with Crippen molar-refractivity contribution in [1.29, 1.82) is 0 Å². The predicted octanol–water partition coefficient (Wildman–Crippen LogP) is -0.208. The lowest BCUT2D eigenvalue weighted by molar-refractivity contribution is 0.181. The maximum atomic E-state index is 11.3. The van der Waals surface area contributed by atoms with Crippen molar-refractivity contribution in [3.05, 3.63) is 0 Å². The Kier molecular flexibility index (Phi) is 6.06. The molecule has 1 atom stereocenters. The van der Waals surface area contributed by atoms with Gasteiger partial charge in [-0.3, -0.25) is 0 Å². The number of methoxy groups -OCH3 is 1. The van der Waals surface area contributed by atoms with Gasteiger partial charge in [0.15, 0.2) is 0 Å². The van der Waals surface area contributed by atoms with Gasteiger partial charge >= 0.3 is 0 Å². The molecular weight excluding hydrogens is 260 g/mol. The maximum Gasteiger partial charge on any atom is 0.279 e. The van der Waals surface area contributed by atoms with Crippen molar-refractivity contribution in [1.82, 2.24) is 9.03 Å². The average Bonchev–Trinajstić information content (AvgIpc) is 2.03. The van der Waals surface area contributed by atoms with E-state index in [1.165, 1.54) is 21.2 Å². The summed E-state index contributed by atoms with van der Waals surface area (Å²) < 4.78 is 31.1. The number of halogens is 1. The lowest BCUT2D eigenvalue weighted by Crippen LogP contribution is -2.44. The highest BCUT2D eigenvalue weighted by molar-refractivity contribution is 9.09. The van der Waals surface area contributed by atoms with Gasteiger partial charge in [0.25, 0.3) is 10.2 Å². The topological polar surface area (TPSA) is 58.6 Å². The van der Waals surface area contributed by atoms with Crippen LogP contribution in [0, 0.1) is 0 Å². The molecule has 0 aliphatic heterocycles. The molecular formula is C6H15BrN2O3S. The van der Waals surface area contributed by atoms with Crippen molar-refractivity contribution < 1.29 is 13.2 Å². The highest BCUT2D eigenvalue weighted by atomic mass is 79.9. The number of nitrogens with zero attached hydrogens (tertiary/aromatic N) is 1. The first kappa shape index (κ1) is 13.3. The van der Waals surface area contributed by atoms with Crippen molar-refractivity contribution in [3.8, 4) is 0 Å². The molecule has 0 aromatic heterocycles. The highest BCUT2D eigenvalue weighted by Crippen LogP contribution is 1.97. The van der Waals surface area contributed by atoms with Crippen LogP contribution in [0.2, 0.25) is 0 Å². The largest absolute Gasteiger partial charge is 0.383 e. The summed E-state index contributed by atoms with van der Waals surface area (Å²) in [5.74, 6) is 0. The Labute approximate surface area is 87.8 Å². The molecule has 5 nitrogen and oxygen atoms in total. The average molecular weight is 275 g/mol. The third-order valence-electron chi connectivity index (χ3n) is 1.35. The Hall–Kier alpha value is 0.310. The quantitative estimate of drug-likeness (QED) is 0.683. The SMILES string of the molecule is COCC(CBr)NS(=O)(=O)N(C)C. The lowest BCUT2D eigenvalue weighted by Gasteiger charge is -2.18. The van der Waals surface area contributed by atoms with Crippen LogP contribution in [0.4, 0.5) is 0 Å². The van der Waals surface area contributed by atoms with Gasteiger partial charge in [-0.2, -0.15) is 17.4 Å². The summed E-state index contributed by atoms with van der Waals surface area (Å²) in [6, 6.07) is -0.239. The van der Waals surface area contributed by atoms with E-state index in [0.717, 1.165) is 4.31 Å². The van der Waals surface area contributed by atoms with Crippen LogP contribution in [0.15, 0.2) is 0 Å². The molecule has 0 aliphatic carbocycles. The monoisotopic (exact) mass is 274 g/mol. The first-order chi connectivity index (χ1) is 5.94. The summed E-state index contributed by atoms with van der Waals surface area (Å²) in [6.07, 6.45) is 0. The number of hydrogen-bond acceptors (Lipinski definition) is 3. The van der Waals surface area contributed by atoms with E-state index in [0.29, 0.717) is 11.9 Å². The molecule has 0 saturated heterocycles. The third kappa shape index (κ3) is 4.92. The second kappa shape index (κ2) is 5.92. The smallest absolute Gasteiger partial charge is 0.279 e. The van der Waals surface area contributed by atoms with Crippen LogP contribution in [0.3, 0.4) is 0 Å². The lowest BCUT2D eigenvalue weighted by atomic mass is 10.4. The molecule has 0 bridgehead atoms. The van der Waals surface area contributed by atoms with Gasteiger partial charge in [-0.1, -0.05) is 15.9 Å². The molecule has 13 heavy (non-hydrogen) atoms. The van der Waals surface area contributed by atoms with Crippen LogP contribution < -0.4 is 4.72 Å². The van der Waals surface area contributed by atoms with E-state index in [1.807, 2.05) is 0 Å². The summed E-state index contributed by atoms with van der Waals surface area (Å²) in [7, 11) is 1.11. The minimum atomic E-state index is -3.36. The first-order valence-electron chi connectivity index (χ1n) is 3.68. The predicted molar refractivity (Wildman–Crippen MR) is 55.2 cm³/mol. The molecule has 0 spiro atoms. The fraction of sp³-hybridized carbons (Fsp3) is 1.00. The van der Waals surface area contributed by atoms with Gasteiger partial charge in [0, 0.05) is 26.5 Å². The summed E-state index contributed by atoms with van der Waals surface area (Å²) in [4.78, 5) is 0. The molecule has 0 aliphatic rings. The summed E-state index contributed by atoms with van der Waals surface area (Å²) in [5, 5.41) is 0.522. The molecule has 1 N–H and O–H groups in total. The first-order valence-corrected chi connectivity index (χ1v) is 6.25. The van der Waals surface area contributed by atoms with E-state index in [4.69, 9.17) is 4.74 Å². The van der Waals surface area contributed by atoms with Gasteiger partial charge in [0.05, 0.1) is 12.6 Å². The van der Waals surface area contributed by atoms with Crippen molar-refractivity contribution in [2.75, 3.05) is 33.1 Å². The maximum absolute atomic E-state index is 11.3. The van der Waals surface area contributed by atoms with Gasteiger partial charge in [0.2, 0.25) is 0 Å². The highest BCUT2D eigenvalue weighted by Gasteiger charge is 2.18. The Balaban J connectivity index is 4.23. The second-order valence-corrected chi connectivity index (χ2v) is 5.28. The van der Waals surface area contributed by atoms with E-state index >= 15 is 0 Å². The van der Waals surface area contributed by atoms with E-state index in [-0.39, 0.29) is 6.04 Å². The van der Waals surface area contributed by atoms with Crippen LogP contribution in [-0.4, -0.2) is 51.9 Å². The Morgan fingerprint density at radius 2 is 2.08 bits per heavy atom. The molecule has 0 amide bonds. The number of ether oxygens (including phenoxy) is 1. The Bertz CT molecular complexity index is 230. The molecule has 1 unspecified atom stereocenters. The van der Waals surface area contributed by atoms with Crippen LogP contribution >= 0.6 is 15.9 Å². The van der Waals surface area contributed by atoms with Crippen molar-refractivity contribution in [3.63, 3.8) is 0 Å². The zero-order valence-corrected chi connectivity index (χ0v) is 10.4. The summed E-state index contributed by atoms with van der Waals surface area (Å²) in [5.41, 5.74) is 0. The molecule has 0 aromatic rings. The summed E-state index contributed by atoms with van der Waals surface area (Å²) in [6.45, 7) is 0.346. The van der Waals surface area contributed by atoms with Crippen molar-refractivity contribution in [2.24, 2.45) is 0 Å². The molecule has 7 heteroatoms. The molecule has 0 heterocycles. The van der Waals surface area contributed by atoms with E-state index < -0.39 is 10.2 Å². The van der Waals surface area contributed by atoms with E-state index in [9.17, 15) is 8.42 Å². The normalized spacial score (nSPS) is 14.8. The number of alkyl halides is 1. The zero-order valence-electron chi connectivity index (χ0n) is 7.95. The second-order valence-electron chi connectivity index (χ2n) is 2.71. The minimum Gasteiger partial charge on any atom is -0.383 e. The van der Waals surface area contributed by atoms with Gasteiger partial charge in [-0.25, -0.2) is 0 Å². The van der Waals surface area contributed by atoms with Gasteiger partial charge in [0.1, 0.15) is 0 Å². The molecule has 0 fully saturated rings. The molecule has 0 radical (unpaired) electrons. The molecule has 0 rings (SSSR count). The molecule has 0 saturated carbocycles. The van der Waals surface area contributed by atoms with Crippen molar-refractivity contribution >= 4 is 26.1 Å². The Morgan fingerprint density at radius 1 is 1.54 bits per heavy atom. The zero-order chi connectivity index (χ0) is 10.5. The minimum absolute atomic E-state index is 0.239. The van der Waals surface area contributed by atoms with Crippen LogP contribution in [-0.2, 0) is 14.9 Å². The van der Waals surface area contributed by atoms with Gasteiger partial charge < -0.3 is 4.74 Å². The van der Waals surface area contributed by atoms with E-state index in [2.05, 4.69) is 20.7 Å². The Morgan fingerprint density at radius 3 is 2.38 bits per heavy atom. The molecule has 0 aromatic carbocycles. The third-order valence-corrected chi connectivity index (χ3v) is 3.72. The summed E-state index contributed by atoms with van der Waals surface area (Å²) >= 11 is 3.19. The van der Waals surface area contributed by atoms with Crippen LogP contribution in [0.5, 0.6) is 0 Å².